The number of ether oxygens (including phenoxy) is 1. The van der Waals surface area contributed by atoms with Crippen molar-refractivity contribution in [3.8, 4) is 5.75 Å². The molecule has 8 heteroatoms. The standard InChI is InChI=1S/C25H23N5O2S/c1-17-9-8-12-19(15-17)26-24(31)23-22(18-10-4-2-5-11-18)29-30-21(27-28-25(30)33-23)16-32-20-13-6-3-7-14-20/h2-15,22-23,29H,16H2,1H3,(H,26,31)/t22-,23-/m0/s1. The molecule has 7 nitrogen and oxygen atoms in total. The Morgan fingerprint density at radius 1 is 1.03 bits per heavy atom. The zero-order valence-electron chi connectivity index (χ0n) is 18.0. The summed E-state index contributed by atoms with van der Waals surface area (Å²) in [6.07, 6.45) is 0. The molecule has 0 spiro atoms. The number of aromatic nitrogens is 3. The number of anilines is 1. The van der Waals surface area contributed by atoms with Crippen molar-refractivity contribution in [3.05, 3.63) is 102 Å². The summed E-state index contributed by atoms with van der Waals surface area (Å²) in [4.78, 5) is 13.3. The first kappa shape index (κ1) is 21.1. The molecule has 4 aromatic rings. The van der Waals surface area contributed by atoms with Crippen LogP contribution in [0.1, 0.15) is 23.0 Å². The summed E-state index contributed by atoms with van der Waals surface area (Å²) in [5.41, 5.74) is 6.32. The third kappa shape index (κ3) is 4.70. The minimum Gasteiger partial charge on any atom is -0.486 e. The lowest BCUT2D eigenvalue weighted by Crippen LogP contribution is -2.41. The van der Waals surface area contributed by atoms with Gasteiger partial charge in [-0.2, -0.15) is 0 Å². The van der Waals surface area contributed by atoms with Crippen molar-refractivity contribution >= 4 is 23.4 Å². The Labute approximate surface area is 196 Å². The van der Waals surface area contributed by atoms with Gasteiger partial charge in [0.2, 0.25) is 11.1 Å². The highest BCUT2D eigenvalue weighted by molar-refractivity contribution is 8.00. The Hall–Kier alpha value is -3.78. The topological polar surface area (TPSA) is 81.1 Å². The summed E-state index contributed by atoms with van der Waals surface area (Å²) in [5.74, 6) is 1.30. The Balaban J connectivity index is 1.41. The molecule has 5 rings (SSSR count). The molecule has 0 unspecified atom stereocenters. The minimum atomic E-state index is -0.437. The number of amides is 1. The molecule has 2 heterocycles. The molecule has 33 heavy (non-hydrogen) atoms. The first-order chi connectivity index (χ1) is 16.2. The van der Waals surface area contributed by atoms with Crippen molar-refractivity contribution in [3.63, 3.8) is 0 Å². The zero-order chi connectivity index (χ0) is 22.6. The second-order valence-corrected chi connectivity index (χ2v) is 8.86. The van der Waals surface area contributed by atoms with E-state index in [1.165, 1.54) is 11.8 Å². The van der Waals surface area contributed by atoms with Gasteiger partial charge in [-0.3, -0.25) is 4.79 Å². The summed E-state index contributed by atoms with van der Waals surface area (Å²) < 4.78 is 7.69. The van der Waals surface area contributed by atoms with Crippen molar-refractivity contribution in [2.24, 2.45) is 0 Å². The van der Waals surface area contributed by atoms with Gasteiger partial charge in [0.25, 0.3) is 0 Å². The summed E-state index contributed by atoms with van der Waals surface area (Å²) in [6.45, 7) is 2.26. The number of hydrogen-bond donors (Lipinski definition) is 2. The average molecular weight is 458 g/mol. The second-order valence-electron chi connectivity index (χ2n) is 7.75. The predicted octanol–water partition coefficient (Wildman–Crippen LogP) is 4.56. The van der Waals surface area contributed by atoms with Crippen LogP contribution in [0.15, 0.2) is 90.1 Å². The van der Waals surface area contributed by atoms with Gasteiger partial charge in [0.1, 0.15) is 17.6 Å². The molecule has 0 aliphatic carbocycles. The number of benzene rings is 3. The Bertz CT molecular complexity index is 1250. The van der Waals surface area contributed by atoms with E-state index in [0.717, 1.165) is 22.6 Å². The van der Waals surface area contributed by atoms with Gasteiger partial charge in [-0.15, -0.1) is 10.2 Å². The number of hydrogen-bond acceptors (Lipinski definition) is 6. The number of thioether (sulfide) groups is 1. The van der Waals surface area contributed by atoms with Gasteiger partial charge >= 0.3 is 0 Å². The van der Waals surface area contributed by atoms with Gasteiger partial charge in [-0.05, 0) is 42.3 Å². The fraction of sp³-hybridized carbons (Fsp3) is 0.160. The smallest absolute Gasteiger partial charge is 0.240 e. The summed E-state index contributed by atoms with van der Waals surface area (Å²) >= 11 is 1.39. The van der Waals surface area contributed by atoms with Gasteiger partial charge in [-0.1, -0.05) is 72.4 Å². The average Bonchev–Trinajstić information content (AvgIpc) is 3.25. The lowest BCUT2D eigenvalue weighted by Gasteiger charge is -2.33. The highest BCUT2D eigenvalue weighted by Gasteiger charge is 2.37. The van der Waals surface area contributed by atoms with Crippen LogP contribution in [0, 0.1) is 6.92 Å². The normalized spacial score (nSPS) is 17.0. The maximum atomic E-state index is 13.3. The van der Waals surface area contributed by atoms with Crippen molar-refractivity contribution in [2.75, 3.05) is 10.7 Å². The van der Waals surface area contributed by atoms with Crippen molar-refractivity contribution < 1.29 is 9.53 Å². The predicted molar refractivity (Wildman–Crippen MR) is 129 cm³/mol. The molecule has 0 saturated carbocycles. The number of fused-ring (bicyclic) bond motifs is 1. The molecule has 0 radical (unpaired) electrons. The Morgan fingerprint density at radius 2 is 1.79 bits per heavy atom. The van der Waals surface area contributed by atoms with E-state index < -0.39 is 5.25 Å². The van der Waals surface area contributed by atoms with Crippen LogP contribution in [0.25, 0.3) is 0 Å². The third-order valence-corrected chi connectivity index (χ3v) is 6.53. The van der Waals surface area contributed by atoms with Crippen LogP contribution in [0.3, 0.4) is 0 Å². The molecule has 1 aliphatic heterocycles. The largest absolute Gasteiger partial charge is 0.486 e. The van der Waals surface area contributed by atoms with Gasteiger partial charge in [0.15, 0.2) is 5.82 Å². The highest BCUT2D eigenvalue weighted by Crippen LogP contribution is 2.37. The lowest BCUT2D eigenvalue weighted by molar-refractivity contribution is -0.116. The van der Waals surface area contributed by atoms with E-state index in [1.807, 2.05) is 96.5 Å². The molecule has 2 N–H and O–H groups in total. The van der Waals surface area contributed by atoms with Crippen LogP contribution in [-0.4, -0.2) is 26.0 Å². The number of rotatable bonds is 6. The third-order valence-electron chi connectivity index (χ3n) is 5.32. The van der Waals surface area contributed by atoms with Crippen molar-refractivity contribution in [2.45, 2.75) is 30.0 Å². The molecule has 1 amide bonds. The van der Waals surface area contributed by atoms with E-state index in [9.17, 15) is 4.79 Å². The SMILES string of the molecule is Cc1cccc(NC(=O)[C@H]2Sc3nnc(COc4ccccc4)n3N[C@H]2c2ccccc2)c1. The van der Waals surface area contributed by atoms with Gasteiger partial charge < -0.3 is 15.5 Å². The molecular weight excluding hydrogens is 434 g/mol. The lowest BCUT2D eigenvalue weighted by atomic mass is 10.0. The van der Waals surface area contributed by atoms with E-state index in [2.05, 4.69) is 20.9 Å². The van der Waals surface area contributed by atoms with Crippen LogP contribution >= 0.6 is 11.8 Å². The Morgan fingerprint density at radius 3 is 2.55 bits per heavy atom. The highest BCUT2D eigenvalue weighted by atomic mass is 32.2. The molecule has 0 bridgehead atoms. The molecule has 166 valence electrons. The van der Waals surface area contributed by atoms with Crippen LogP contribution < -0.4 is 15.5 Å². The van der Waals surface area contributed by atoms with E-state index in [0.29, 0.717) is 11.0 Å². The first-order valence-electron chi connectivity index (χ1n) is 10.7. The van der Waals surface area contributed by atoms with Crippen LogP contribution in [-0.2, 0) is 11.4 Å². The molecule has 0 saturated heterocycles. The number of para-hydroxylation sites is 1. The number of carbonyl (C=O) groups is 1. The second kappa shape index (κ2) is 9.38. The van der Waals surface area contributed by atoms with E-state index in [1.54, 1.807) is 0 Å². The monoisotopic (exact) mass is 457 g/mol. The van der Waals surface area contributed by atoms with E-state index >= 15 is 0 Å². The first-order valence-corrected chi connectivity index (χ1v) is 11.5. The Kier molecular flexibility index (Phi) is 5.99. The molecule has 0 fully saturated rings. The van der Waals surface area contributed by atoms with Crippen LogP contribution in [0.2, 0.25) is 0 Å². The minimum absolute atomic E-state index is 0.0942. The van der Waals surface area contributed by atoms with Gasteiger partial charge in [-0.25, -0.2) is 4.68 Å². The quantitative estimate of drug-likeness (QED) is 0.442. The maximum absolute atomic E-state index is 13.3. The van der Waals surface area contributed by atoms with Gasteiger partial charge in [0.05, 0.1) is 6.04 Å². The zero-order valence-corrected chi connectivity index (χ0v) is 18.8. The van der Waals surface area contributed by atoms with Crippen molar-refractivity contribution in [1.29, 1.82) is 0 Å². The fourth-order valence-corrected chi connectivity index (χ4v) is 4.80. The summed E-state index contributed by atoms with van der Waals surface area (Å²) in [7, 11) is 0. The number of carbonyl (C=O) groups excluding carboxylic acids is 1. The van der Waals surface area contributed by atoms with Crippen LogP contribution in [0.5, 0.6) is 5.75 Å². The van der Waals surface area contributed by atoms with Crippen molar-refractivity contribution in [1.82, 2.24) is 14.9 Å². The number of nitrogens with one attached hydrogen (secondary N) is 2. The molecular formula is C25H23N5O2S. The molecule has 1 aromatic heterocycles. The molecule has 2 atom stereocenters. The molecule has 3 aromatic carbocycles. The maximum Gasteiger partial charge on any atom is 0.240 e. The van der Waals surface area contributed by atoms with E-state index in [4.69, 9.17) is 4.74 Å². The number of aryl methyl sites for hydroxylation is 1. The summed E-state index contributed by atoms with van der Waals surface area (Å²) in [6, 6.07) is 27.0. The van der Waals surface area contributed by atoms with E-state index in [-0.39, 0.29) is 18.6 Å². The molecule has 1 aliphatic rings. The van der Waals surface area contributed by atoms with Gasteiger partial charge in [0, 0.05) is 5.69 Å². The fourth-order valence-electron chi connectivity index (χ4n) is 3.70. The summed E-state index contributed by atoms with van der Waals surface area (Å²) in [5, 5.41) is 11.8. The number of nitrogens with zero attached hydrogens (tertiary/aromatic N) is 3. The van der Waals surface area contributed by atoms with Crippen LogP contribution in [0.4, 0.5) is 5.69 Å².